The van der Waals surface area contributed by atoms with Crippen molar-refractivity contribution in [1.29, 1.82) is 0 Å². The van der Waals surface area contributed by atoms with Crippen molar-refractivity contribution in [2.75, 3.05) is 6.54 Å². The van der Waals surface area contributed by atoms with E-state index in [2.05, 4.69) is 16.7 Å². The smallest absolute Gasteiger partial charge is 0.220 e. The molecule has 1 aromatic carbocycles. The Balaban J connectivity index is 1.61. The number of hydrogen-bond acceptors (Lipinski definition) is 3. The van der Waals surface area contributed by atoms with Gasteiger partial charge in [0.2, 0.25) is 5.91 Å². The number of carbonyl (C=O) groups is 1. The van der Waals surface area contributed by atoms with Gasteiger partial charge in [-0.05, 0) is 18.6 Å². The summed E-state index contributed by atoms with van der Waals surface area (Å²) in [5.74, 6) is 1.09. The average Bonchev–Trinajstić information content (AvgIpc) is 2.81. The van der Waals surface area contributed by atoms with Gasteiger partial charge in [0.05, 0.1) is 6.54 Å². The van der Waals surface area contributed by atoms with Crippen molar-refractivity contribution in [2.24, 2.45) is 0 Å². The number of furan rings is 1. The van der Waals surface area contributed by atoms with Gasteiger partial charge in [-0.1, -0.05) is 18.2 Å². The zero-order valence-corrected chi connectivity index (χ0v) is 10.1. The van der Waals surface area contributed by atoms with Gasteiger partial charge in [-0.25, -0.2) is 0 Å². The maximum atomic E-state index is 11.0. The van der Waals surface area contributed by atoms with Crippen molar-refractivity contribution < 1.29 is 9.21 Å². The first kappa shape index (κ1) is 11.3. The highest BCUT2D eigenvalue weighted by Gasteiger charge is 2.17. The molecule has 4 heteroatoms. The van der Waals surface area contributed by atoms with Gasteiger partial charge < -0.3 is 15.1 Å². The van der Waals surface area contributed by atoms with Crippen molar-refractivity contribution in [3.05, 3.63) is 36.1 Å². The van der Waals surface area contributed by atoms with Gasteiger partial charge in [0.15, 0.2) is 0 Å². The van der Waals surface area contributed by atoms with Crippen LogP contribution in [0.5, 0.6) is 0 Å². The molecule has 1 atom stereocenters. The lowest BCUT2D eigenvalue weighted by Gasteiger charge is -2.22. The molecule has 1 aliphatic rings. The third kappa shape index (κ3) is 2.38. The number of piperidine rings is 1. The summed E-state index contributed by atoms with van der Waals surface area (Å²) in [4.78, 5) is 11.0. The predicted octanol–water partition coefficient (Wildman–Crippen LogP) is 1.80. The second-order valence-electron chi connectivity index (χ2n) is 4.67. The molecule has 1 aliphatic heterocycles. The van der Waals surface area contributed by atoms with E-state index in [0.29, 0.717) is 25.6 Å². The number of amides is 1. The maximum absolute atomic E-state index is 11.0. The van der Waals surface area contributed by atoms with E-state index in [0.717, 1.165) is 23.2 Å². The molecular formula is C14H16N2O2. The van der Waals surface area contributed by atoms with E-state index in [1.54, 1.807) is 0 Å². The number of fused-ring (bicyclic) bond motifs is 1. The highest BCUT2D eigenvalue weighted by Crippen LogP contribution is 2.18. The quantitative estimate of drug-likeness (QED) is 0.865. The molecular weight excluding hydrogens is 228 g/mol. The third-order valence-corrected chi connectivity index (χ3v) is 3.31. The number of rotatable bonds is 3. The van der Waals surface area contributed by atoms with Crippen LogP contribution in [0.3, 0.4) is 0 Å². The Hall–Kier alpha value is -1.81. The molecule has 1 amide bonds. The highest BCUT2D eigenvalue weighted by atomic mass is 16.3. The van der Waals surface area contributed by atoms with Crippen LogP contribution in [0.4, 0.5) is 0 Å². The Morgan fingerprint density at radius 1 is 1.39 bits per heavy atom. The van der Waals surface area contributed by atoms with Gasteiger partial charge in [-0.15, -0.1) is 0 Å². The zero-order valence-electron chi connectivity index (χ0n) is 10.1. The minimum atomic E-state index is 0.150. The first-order chi connectivity index (χ1) is 8.81. The molecule has 1 unspecified atom stereocenters. The molecule has 1 aromatic heterocycles. The molecule has 1 fully saturated rings. The third-order valence-electron chi connectivity index (χ3n) is 3.31. The monoisotopic (exact) mass is 244 g/mol. The van der Waals surface area contributed by atoms with Crippen molar-refractivity contribution in [1.82, 2.24) is 10.6 Å². The summed E-state index contributed by atoms with van der Waals surface area (Å²) in [6, 6.07) is 10.4. The lowest BCUT2D eigenvalue weighted by atomic mass is 10.1. The van der Waals surface area contributed by atoms with E-state index in [9.17, 15) is 4.79 Å². The van der Waals surface area contributed by atoms with Crippen LogP contribution in [0.25, 0.3) is 11.0 Å². The van der Waals surface area contributed by atoms with Crippen molar-refractivity contribution in [3.63, 3.8) is 0 Å². The maximum Gasteiger partial charge on any atom is 0.220 e. The first-order valence-corrected chi connectivity index (χ1v) is 6.29. The van der Waals surface area contributed by atoms with Crippen molar-refractivity contribution in [2.45, 2.75) is 25.4 Å². The molecule has 0 spiro atoms. The van der Waals surface area contributed by atoms with Crippen molar-refractivity contribution >= 4 is 16.9 Å². The van der Waals surface area contributed by atoms with E-state index < -0.39 is 0 Å². The first-order valence-electron chi connectivity index (χ1n) is 6.29. The van der Waals surface area contributed by atoms with Crippen LogP contribution >= 0.6 is 0 Å². The number of benzene rings is 1. The average molecular weight is 244 g/mol. The SMILES string of the molecule is O=C1CCC(NCc2cc3ccccc3o2)CN1. The Kier molecular flexibility index (Phi) is 3.02. The van der Waals surface area contributed by atoms with E-state index in [1.807, 2.05) is 24.3 Å². The Morgan fingerprint density at radius 2 is 2.28 bits per heavy atom. The van der Waals surface area contributed by atoms with Crippen LogP contribution in [-0.4, -0.2) is 18.5 Å². The molecule has 0 radical (unpaired) electrons. The Morgan fingerprint density at radius 3 is 3.06 bits per heavy atom. The van der Waals surface area contributed by atoms with E-state index in [-0.39, 0.29) is 5.91 Å². The Bertz CT molecular complexity index is 519. The Labute approximate surface area is 105 Å². The minimum absolute atomic E-state index is 0.150. The number of para-hydroxylation sites is 1. The van der Waals surface area contributed by atoms with E-state index in [1.165, 1.54) is 0 Å². The summed E-state index contributed by atoms with van der Waals surface area (Å²) in [5, 5.41) is 7.40. The van der Waals surface area contributed by atoms with Crippen LogP contribution in [-0.2, 0) is 11.3 Å². The lowest BCUT2D eigenvalue weighted by molar-refractivity contribution is -0.122. The normalized spacial score (nSPS) is 20.0. The summed E-state index contributed by atoms with van der Waals surface area (Å²) in [5.41, 5.74) is 0.922. The lowest BCUT2D eigenvalue weighted by Crippen LogP contribution is -2.45. The fourth-order valence-electron chi connectivity index (χ4n) is 2.28. The number of nitrogens with one attached hydrogen (secondary N) is 2. The molecule has 2 aromatic rings. The molecule has 2 N–H and O–H groups in total. The molecule has 0 saturated carbocycles. The highest BCUT2D eigenvalue weighted by molar-refractivity contribution is 5.77. The fraction of sp³-hybridized carbons (Fsp3) is 0.357. The molecule has 0 aliphatic carbocycles. The van der Waals surface area contributed by atoms with Gasteiger partial charge in [0, 0.05) is 24.4 Å². The molecule has 3 rings (SSSR count). The molecule has 18 heavy (non-hydrogen) atoms. The van der Waals surface area contributed by atoms with Gasteiger partial charge in [-0.3, -0.25) is 4.79 Å². The number of carbonyl (C=O) groups excluding carboxylic acids is 1. The summed E-state index contributed by atoms with van der Waals surface area (Å²) >= 11 is 0. The fourth-order valence-corrected chi connectivity index (χ4v) is 2.28. The zero-order chi connectivity index (χ0) is 12.4. The van der Waals surface area contributed by atoms with E-state index >= 15 is 0 Å². The molecule has 4 nitrogen and oxygen atoms in total. The molecule has 0 bridgehead atoms. The summed E-state index contributed by atoms with van der Waals surface area (Å²) in [6.45, 7) is 1.41. The van der Waals surface area contributed by atoms with Crippen LogP contribution < -0.4 is 10.6 Å². The largest absolute Gasteiger partial charge is 0.460 e. The number of hydrogen-bond donors (Lipinski definition) is 2. The van der Waals surface area contributed by atoms with Crippen LogP contribution in [0.1, 0.15) is 18.6 Å². The van der Waals surface area contributed by atoms with Crippen LogP contribution in [0, 0.1) is 0 Å². The molecule has 94 valence electrons. The van der Waals surface area contributed by atoms with Gasteiger partial charge in [0.25, 0.3) is 0 Å². The second kappa shape index (κ2) is 4.82. The van der Waals surface area contributed by atoms with Crippen molar-refractivity contribution in [3.8, 4) is 0 Å². The molecule has 1 saturated heterocycles. The summed E-state index contributed by atoms with van der Waals surface area (Å²) in [7, 11) is 0. The van der Waals surface area contributed by atoms with E-state index in [4.69, 9.17) is 4.42 Å². The second-order valence-corrected chi connectivity index (χ2v) is 4.67. The van der Waals surface area contributed by atoms with Gasteiger partial charge >= 0.3 is 0 Å². The topological polar surface area (TPSA) is 54.3 Å². The van der Waals surface area contributed by atoms with Gasteiger partial charge in [-0.2, -0.15) is 0 Å². The van der Waals surface area contributed by atoms with Gasteiger partial charge in [0.1, 0.15) is 11.3 Å². The molecule has 2 heterocycles. The minimum Gasteiger partial charge on any atom is -0.460 e. The van der Waals surface area contributed by atoms with Crippen LogP contribution in [0.15, 0.2) is 34.7 Å². The predicted molar refractivity (Wildman–Crippen MR) is 69.1 cm³/mol. The summed E-state index contributed by atoms with van der Waals surface area (Å²) < 4.78 is 5.73. The standard InChI is InChI=1S/C14H16N2O2/c17-14-6-5-11(8-16-14)15-9-12-7-10-3-1-2-4-13(10)18-12/h1-4,7,11,15H,5-6,8-9H2,(H,16,17). The van der Waals surface area contributed by atoms with Crippen LogP contribution in [0.2, 0.25) is 0 Å². The summed E-state index contributed by atoms with van der Waals surface area (Å²) in [6.07, 6.45) is 1.50.